The number of guanidine groups is 1. The second-order valence-corrected chi connectivity index (χ2v) is 8.00. The average Bonchev–Trinajstić information content (AvgIpc) is 2.49. The Balaban J connectivity index is 0.00000576. The number of carbonyl (C=O) groups is 1. The number of nitrogens with zero attached hydrogens (tertiary/aromatic N) is 2. The molecule has 7 heteroatoms. The van der Waals surface area contributed by atoms with Gasteiger partial charge in [0, 0.05) is 33.2 Å². The first-order valence-electron chi connectivity index (χ1n) is 9.13. The Kier molecular flexibility index (Phi) is 11.5. The van der Waals surface area contributed by atoms with Gasteiger partial charge in [-0.1, -0.05) is 13.8 Å². The lowest BCUT2D eigenvalue weighted by atomic mass is 9.95. The molecule has 0 spiro atoms. The number of amides is 1. The lowest BCUT2D eigenvalue weighted by Crippen LogP contribution is -2.44. The van der Waals surface area contributed by atoms with Crippen LogP contribution in [0.15, 0.2) is 4.99 Å². The van der Waals surface area contributed by atoms with Crippen molar-refractivity contribution in [1.82, 2.24) is 15.5 Å². The molecule has 6 nitrogen and oxygen atoms in total. The van der Waals surface area contributed by atoms with Crippen molar-refractivity contribution in [3.63, 3.8) is 0 Å². The maximum Gasteiger partial charge on any atom is 0.410 e. The lowest BCUT2D eigenvalue weighted by Gasteiger charge is -2.34. The van der Waals surface area contributed by atoms with Gasteiger partial charge in [0.15, 0.2) is 5.96 Å². The van der Waals surface area contributed by atoms with E-state index in [-0.39, 0.29) is 30.1 Å². The summed E-state index contributed by atoms with van der Waals surface area (Å²) in [4.78, 5) is 18.3. The predicted molar refractivity (Wildman–Crippen MR) is 115 cm³/mol. The molecule has 0 aromatic heterocycles. The van der Waals surface area contributed by atoms with Crippen LogP contribution in [0.5, 0.6) is 0 Å². The van der Waals surface area contributed by atoms with Crippen molar-refractivity contribution in [2.75, 3.05) is 33.2 Å². The average molecular weight is 468 g/mol. The van der Waals surface area contributed by atoms with Gasteiger partial charge in [0.2, 0.25) is 0 Å². The van der Waals surface area contributed by atoms with Crippen molar-refractivity contribution in [3.8, 4) is 0 Å². The van der Waals surface area contributed by atoms with E-state index in [1.54, 1.807) is 7.05 Å². The van der Waals surface area contributed by atoms with Gasteiger partial charge in [-0.25, -0.2) is 4.79 Å². The minimum absolute atomic E-state index is 0. The summed E-state index contributed by atoms with van der Waals surface area (Å²) in [5.74, 6) is 1.95. The highest BCUT2D eigenvalue weighted by Gasteiger charge is 2.27. The molecule has 0 aromatic carbocycles. The Hall–Kier alpha value is -0.730. The number of hydrogen-bond donors (Lipinski definition) is 2. The number of nitrogens with one attached hydrogen (secondary N) is 2. The van der Waals surface area contributed by atoms with Crippen LogP contribution >= 0.6 is 24.0 Å². The molecule has 0 bridgehead atoms. The van der Waals surface area contributed by atoms with Crippen LogP contribution in [0.1, 0.15) is 53.9 Å². The van der Waals surface area contributed by atoms with E-state index in [0.717, 1.165) is 45.0 Å². The first-order chi connectivity index (χ1) is 11.2. The third kappa shape index (κ3) is 10.8. The van der Waals surface area contributed by atoms with E-state index in [4.69, 9.17) is 4.74 Å². The fraction of sp³-hybridized carbons (Fsp3) is 0.889. The number of piperidine rings is 1. The molecule has 1 fully saturated rings. The summed E-state index contributed by atoms with van der Waals surface area (Å²) in [5, 5.41) is 6.67. The highest BCUT2D eigenvalue weighted by molar-refractivity contribution is 14.0. The van der Waals surface area contributed by atoms with Crippen LogP contribution in [-0.2, 0) is 4.74 Å². The summed E-state index contributed by atoms with van der Waals surface area (Å²) in [7, 11) is 1.79. The molecule has 25 heavy (non-hydrogen) atoms. The number of hydrogen-bond acceptors (Lipinski definition) is 3. The molecular weight excluding hydrogens is 431 g/mol. The Morgan fingerprint density at radius 1 is 1.32 bits per heavy atom. The second kappa shape index (κ2) is 11.8. The predicted octanol–water partition coefficient (Wildman–Crippen LogP) is 3.46. The zero-order valence-corrected chi connectivity index (χ0v) is 19.1. The van der Waals surface area contributed by atoms with E-state index in [1.165, 1.54) is 6.42 Å². The molecule has 1 aliphatic heterocycles. The van der Waals surface area contributed by atoms with E-state index in [0.29, 0.717) is 11.8 Å². The van der Waals surface area contributed by atoms with Gasteiger partial charge < -0.3 is 20.3 Å². The molecule has 148 valence electrons. The fourth-order valence-electron chi connectivity index (χ4n) is 2.71. The monoisotopic (exact) mass is 468 g/mol. The molecule has 0 aromatic rings. The maximum atomic E-state index is 12.2. The van der Waals surface area contributed by atoms with E-state index < -0.39 is 5.60 Å². The molecule has 1 unspecified atom stereocenters. The number of likely N-dealkylation sites (tertiary alicyclic amines) is 1. The topological polar surface area (TPSA) is 66.0 Å². The molecule has 0 saturated carbocycles. The molecule has 1 amide bonds. The van der Waals surface area contributed by atoms with Gasteiger partial charge in [-0.15, -0.1) is 24.0 Å². The van der Waals surface area contributed by atoms with Crippen LogP contribution in [0.2, 0.25) is 0 Å². The van der Waals surface area contributed by atoms with Crippen LogP contribution < -0.4 is 10.6 Å². The smallest absolute Gasteiger partial charge is 0.410 e. The van der Waals surface area contributed by atoms with Crippen LogP contribution in [0.25, 0.3) is 0 Å². The molecule has 1 saturated heterocycles. The minimum atomic E-state index is -0.430. The third-order valence-corrected chi connectivity index (χ3v) is 3.92. The first kappa shape index (κ1) is 24.3. The minimum Gasteiger partial charge on any atom is -0.444 e. The van der Waals surface area contributed by atoms with E-state index in [2.05, 4.69) is 29.5 Å². The Morgan fingerprint density at radius 2 is 2.00 bits per heavy atom. The van der Waals surface area contributed by atoms with Gasteiger partial charge in [0.05, 0.1) is 0 Å². The summed E-state index contributed by atoms with van der Waals surface area (Å²) in [6.07, 6.45) is 3.06. The maximum absolute atomic E-state index is 12.2. The Labute approximate surface area is 170 Å². The van der Waals surface area contributed by atoms with Gasteiger partial charge in [0.1, 0.15) is 5.60 Å². The van der Waals surface area contributed by atoms with Gasteiger partial charge >= 0.3 is 6.09 Å². The molecule has 2 N–H and O–H groups in total. The lowest BCUT2D eigenvalue weighted by molar-refractivity contribution is 0.0162. The zero-order valence-electron chi connectivity index (χ0n) is 16.7. The summed E-state index contributed by atoms with van der Waals surface area (Å²) >= 11 is 0. The molecule has 0 aliphatic carbocycles. The third-order valence-electron chi connectivity index (χ3n) is 3.92. The van der Waals surface area contributed by atoms with E-state index >= 15 is 0 Å². The zero-order chi connectivity index (χ0) is 18.2. The van der Waals surface area contributed by atoms with Crippen molar-refractivity contribution >= 4 is 36.0 Å². The Morgan fingerprint density at radius 3 is 2.56 bits per heavy atom. The summed E-state index contributed by atoms with van der Waals surface area (Å²) < 4.78 is 5.48. The number of carbonyl (C=O) groups excluding carboxylic acids is 1. The SMILES string of the molecule is CN=C(NCCC1CCCN(C(=O)OC(C)(C)C)C1)NCC(C)C.I. The van der Waals surface area contributed by atoms with Crippen molar-refractivity contribution in [3.05, 3.63) is 0 Å². The molecule has 0 radical (unpaired) electrons. The Bertz CT molecular complexity index is 422. The van der Waals surface area contributed by atoms with Crippen molar-refractivity contribution < 1.29 is 9.53 Å². The number of ether oxygens (including phenoxy) is 1. The fourth-order valence-corrected chi connectivity index (χ4v) is 2.71. The number of aliphatic imine (C=N–C) groups is 1. The summed E-state index contributed by atoms with van der Waals surface area (Å²) in [6, 6.07) is 0. The van der Waals surface area contributed by atoms with E-state index in [9.17, 15) is 4.79 Å². The number of rotatable bonds is 5. The molecule has 1 rings (SSSR count). The second-order valence-electron chi connectivity index (χ2n) is 8.00. The first-order valence-corrected chi connectivity index (χ1v) is 9.13. The van der Waals surface area contributed by atoms with Crippen molar-refractivity contribution in [1.29, 1.82) is 0 Å². The van der Waals surface area contributed by atoms with Crippen LogP contribution in [-0.4, -0.2) is 55.8 Å². The molecule has 1 heterocycles. The van der Waals surface area contributed by atoms with E-state index in [1.807, 2.05) is 25.7 Å². The van der Waals surface area contributed by atoms with Crippen LogP contribution in [0, 0.1) is 11.8 Å². The highest BCUT2D eigenvalue weighted by Crippen LogP contribution is 2.21. The highest BCUT2D eigenvalue weighted by atomic mass is 127. The van der Waals surface area contributed by atoms with Gasteiger partial charge in [0.25, 0.3) is 0 Å². The van der Waals surface area contributed by atoms with Crippen LogP contribution in [0.3, 0.4) is 0 Å². The number of halogens is 1. The van der Waals surface area contributed by atoms with Crippen molar-refractivity contribution in [2.24, 2.45) is 16.8 Å². The van der Waals surface area contributed by atoms with Crippen molar-refractivity contribution in [2.45, 2.75) is 59.5 Å². The van der Waals surface area contributed by atoms with Gasteiger partial charge in [-0.05, 0) is 51.9 Å². The largest absolute Gasteiger partial charge is 0.444 e. The molecule has 1 atom stereocenters. The molecule has 1 aliphatic rings. The standard InChI is InChI=1S/C18H36N4O2.HI/c1-14(2)12-21-16(19-6)20-10-9-15-8-7-11-22(13-15)17(23)24-18(3,4)5;/h14-15H,7-13H2,1-6H3,(H2,19,20,21);1H. The summed E-state index contributed by atoms with van der Waals surface area (Å²) in [5.41, 5.74) is -0.430. The van der Waals surface area contributed by atoms with Crippen LogP contribution in [0.4, 0.5) is 4.79 Å². The quantitative estimate of drug-likeness (QED) is 0.369. The molecular formula is C18H37IN4O2. The van der Waals surface area contributed by atoms with Gasteiger partial charge in [-0.3, -0.25) is 4.99 Å². The normalized spacial score (nSPS) is 18.6. The van der Waals surface area contributed by atoms with Gasteiger partial charge in [-0.2, -0.15) is 0 Å². The summed E-state index contributed by atoms with van der Waals surface area (Å²) in [6.45, 7) is 13.4.